The topological polar surface area (TPSA) is 54.4 Å². The van der Waals surface area contributed by atoms with E-state index >= 15 is 0 Å². The van der Waals surface area contributed by atoms with Gasteiger partial charge in [-0.15, -0.1) is 0 Å². The second-order valence-corrected chi connectivity index (χ2v) is 5.30. The zero-order chi connectivity index (χ0) is 11.9. The van der Waals surface area contributed by atoms with Crippen molar-refractivity contribution in [3.8, 4) is 0 Å². The lowest BCUT2D eigenvalue weighted by Crippen LogP contribution is -2.00. The van der Waals surface area contributed by atoms with Crippen LogP contribution >= 0.6 is 0 Å². The van der Waals surface area contributed by atoms with Crippen molar-refractivity contribution >= 4 is 20.9 Å². The van der Waals surface area contributed by atoms with E-state index in [9.17, 15) is 13.0 Å². The third-order valence-electron chi connectivity index (χ3n) is 2.60. The minimum absolute atomic E-state index is 0.0220. The number of aryl methyl sites for hydroxylation is 2. The molecule has 4 heteroatoms. The van der Waals surface area contributed by atoms with Crippen LogP contribution in [0.3, 0.4) is 0 Å². The molecule has 0 fully saturated rings. The van der Waals surface area contributed by atoms with Gasteiger partial charge >= 0.3 is 0 Å². The molecule has 2 aromatic carbocycles. The molecule has 84 valence electrons. The van der Waals surface area contributed by atoms with Crippen molar-refractivity contribution in [3.05, 3.63) is 41.5 Å². The molecule has 1 N–H and O–H groups in total. The van der Waals surface area contributed by atoms with E-state index in [1.165, 1.54) is 6.07 Å². The van der Waals surface area contributed by atoms with Gasteiger partial charge in [0.05, 0.1) is 0 Å². The van der Waals surface area contributed by atoms with Gasteiger partial charge in [-0.25, -0.2) is 0 Å². The maximum atomic E-state index is 11.3. The van der Waals surface area contributed by atoms with Crippen LogP contribution in [0.4, 0.5) is 0 Å². The standard InChI is InChI=1S/C12H12O3S/c1-8-6-11-9(2)4-3-5-10(11)12(7-8)16(13,14)15/h3-7H,1-2H3,(H,13,14,15). The molecule has 0 heterocycles. The van der Waals surface area contributed by atoms with E-state index in [0.717, 1.165) is 16.5 Å². The predicted molar refractivity (Wildman–Crippen MR) is 63.2 cm³/mol. The summed E-state index contributed by atoms with van der Waals surface area (Å²) in [6, 6.07) is 8.79. The summed E-state index contributed by atoms with van der Waals surface area (Å²) in [6.45, 7) is 3.72. The molecule has 0 aromatic heterocycles. The summed E-state index contributed by atoms with van der Waals surface area (Å²) in [4.78, 5) is -0.0220. The smallest absolute Gasteiger partial charge is 0.282 e. The number of rotatable bonds is 1. The van der Waals surface area contributed by atoms with Crippen LogP contribution in [0.25, 0.3) is 10.8 Å². The Hall–Kier alpha value is -1.39. The molecule has 16 heavy (non-hydrogen) atoms. The molecule has 2 aromatic rings. The zero-order valence-electron chi connectivity index (χ0n) is 9.06. The van der Waals surface area contributed by atoms with Gasteiger partial charge < -0.3 is 0 Å². The molecule has 0 spiro atoms. The highest BCUT2D eigenvalue weighted by Gasteiger charge is 2.14. The van der Waals surface area contributed by atoms with Crippen LogP contribution in [0.5, 0.6) is 0 Å². The van der Waals surface area contributed by atoms with Crippen LogP contribution in [-0.4, -0.2) is 13.0 Å². The van der Waals surface area contributed by atoms with Gasteiger partial charge in [-0.3, -0.25) is 4.55 Å². The summed E-state index contributed by atoms with van der Waals surface area (Å²) in [7, 11) is -4.17. The Morgan fingerprint density at radius 3 is 2.38 bits per heavy atom. The Kier molecular flexibility index (Phi) is 2.48. The van der Waals surface area contributed by atoms with Gasteiger partial charge in [0.15, 0.2) is 0 Å². The lowest BCUT2D eigenvalue weighted by molar-refractivity contribution is 0.484. The van der Waals surface area contributed by atoms with Crippen molar-refractivity contribution in [1.82, 2.24) is 0 Å². The second-order valence-electron chi connectivity index (χ2n) is 3.91. The molecular formula is C12H12O3S. The molecule has 0 bridgehead atoms. The molecule has 3 nitrogen and oxygen atoms in total. The van der Waals surface area contributed by atoms with Crippen LogP contribution in [-0.2, 0) is 10.1 Å². The van der Waals surface area contributed by atoms with E-state index < -0.39 is 10.1 Å². The SMILES string of the molecule is Cc1cc(S(=O)(=O)O)c2cccc(C)c2c1. The Morgan fingerprint density at radius 1 is 1.06 bits per heavy atom. The lowest BCUT2D eigenvalue weighted by atomic mass is 10.0. The Balaban J connectivity index is 3.01. The summed E-state index contributed by atoms with van der Waals surface area (Å²) in [5.41, 5.74) is 1.81. The number of hydrogen-bond acceptors (Lipinski definition) is 2. The summed E-state index contributed by atoms with van der Waals surface area (Å²) >= 11 is 0. The van der Waals surface area contributed by atoms with E-state index in [0.29, 0.717) is 5.39 Å². The second kappa shape index (κ2) is 3.57. The van der Waals surface area contributed by atoms with E-state index in [1.54, 1.807) is 19.1 Å². The molecule has 2 rings (SSSR count). The Morgan fingerprint density at radius 2 is 1.75 bits per heavy atom. The summed E-state index contributed by atoms with van der Waals surface area (Å²) in [6.07, 6.45) is 0. The van der Waals surface area contributed by atoms with Crippen molar-refractivity contribution in [2.24, 2.45) is 0 Å². The Labute approximate surface area is 94.5 Å². The minimum Gasteiger partial charge on any atom is -0.282 e. The van der Waals surface area contributed by atoms with Crippen LogP contribution in [0.2, 0.25) is 0 Å². The molecule has 0 unspecified atom stereocenters. The van der Waals surface area contributed by atoms with Gasteiger partial charge in [-0.2, -0.15) is 8.42 Å². The monoisotopic (exact) mass is 236 g/mol. The normalized spacial score (nSPS) is 11.9. The van der Waals surface area contributed by atoms with Crippen LogP contribution in [0, 0.1) is 13.8 Å². The summed E-state index contributed by atoms with van der Waals surface area (Å²) in [5, 5.41) is 1.42. The van der Waals surface area contributed by atoms with Gasteiger partial charge in [0.2, 0.25) is 0 Å². The summed E-state index contributed by atoms with van der Waals surface area (Å²) < 4.78 is 31.7. The van der Waals surface area contributed by atoms with E-state index in [2.05, 4.69) is 0 Å². The quantitative estimate of drug-likeness (QED) is 0.774. The van der Waals surface area contributed by atoms with Gasteiger partial charge in [0, 0.05) is 5.39 Å². The van der Waals surface area contributed by atoms with Crippen molar-refractivity contribution in [1.29, 1.82) is 0 Å². The van der Waals surface area contributed by atoms with Crippen molar-refractivity contribution in [3.63, 3.8) is 0 Å². The van der Waals surface area contributed by atoms with E-state index in [-0.39, 0.29) is 4.90 Å². The molecule has 0 saturated carbocycles. The first-order valence-corrected chi connectivity index (χ1v) is 6.31. The largest absolute Gasteiger partial charge is 0.295 e. The highest BCUT2D eigenvalue weighted by molar-refractivity contribution is 7.86. The predicted octanol–water partition coefficient (Wildman–Crippen LogP) is 2.70. The van der Waals surface area contributed by atoms with Crippen LogP contribution in [0.1, 0.15) is 11.1 Å². The number of fused-ring (bicyclic) bond motifs is 1. The van der Waals surface area contributed by atoms with Crippen LogP contribution in [0.15, 0.2) is 35.2 Å². The first kappa shape index (κ1) is 11.1. The third-order valence-corrected chi connectivity index (χ3v) is 3.49. The van der Waals surface area contributed by atoms with Gasteiger partial charge in [-0.05, 0) is 36.4 Å². The van der Waals surface area contributed by atoms with Gasteiger partial charge in [-0.1, -0.05) is 24.3 Å². The van der Waals surface area contributed by atoms with Crippen molar-refractivity contribution < 1.29 is 13.0 Å². The highest BCUT2D eigenvalue weighted by atomic mass is 32.2. The highest BCUT2D eigenvalue weighted by Crippen LogP contribution is 2.26. The van der Waals surface area contributed by atoms with E-state index in [4.69, 9.17) is 0 Å². The molecule has 0 amide bonds. The molecular weight excluding hydrogens is 224 g/mol. The van der Waals surface area contributed by atoms with Gasteiger partial charge in [0.25, 0.3) is 10.1 Å². The molecule has 0 aliphatic heterocycles. The van der Waals surface area contributed by atoms with Crippen molar-refractivity contribution in [2.75, 3.05) is 0 Å². The minimum atomic E-state index is -4.17. The maximum Gasteiger partial charge on any atom is 0.295 e. The van der Waals surface area contributed by atoms with Crippen LogP contribution < -0.4 is 0 Å². The molecule has 0 radical (unpaired) electrons. The van der Waals surface area contributed by atoms with Gasteiger partial charge in [0.1, 0.15) is 4.90 Å². The first-order chi connectivity index (χ1) is 7.39. The number of benzene rings is 2. The Bertz CT molecular complexity index is 657. The first-order valence-electron chi connectivity index (χ1n) is 4.87. The molecule has 0 aliphatic rings. The number of hydrogen-bond donors (Lipinski definition) is 1. The average Bonchev–Trinajstić information content (AvgIpc) is 2.17. The fourth-order valence-corrected chi connectivity index (χ4v) is 2.65. The molecule has 0 aliphatic carbocycles. The maximum absolute atomic E-state index is 11.3. The summed E-state index contributed by atoms with van der Waals surface area (Å²) in [5.74, 6) is 0. The fourth-order valence-electron chi connectivity index (χ4n) is 1.85. The average molecular weight is 236 g/mol. The van der Waals surface area contributed by atoms with E-state index in [1.807, 2.05) is 19.1 Å². The zero-order valence-corrected chi connectivity index (χ0v) is 9.88. The third kappa shape index (κ3) is 1.81. The molecule has 0 saturated heterocycles. The fraction of sp³-hybridized carbons (Fsp3) is 0.167. The molecule has 0 atom stereocenters. The van der Waals surface area contributed by atoms with Crippen molar-refractivity contribution in [2.45, 2.75) is 18.7 Å². The lowest BCUT2D eigenvalue weighted by Gasteiger charge is -2.07.